The van der Waals surface area contributed by atoms with E-state index in [1.165, 1.54) is 11.1 Å². The number of rotatable bonds is 10. The zero-order valence-corrected chi connectivity index (χ0v) is 11.0. The van der Waals surface area contributed by atoms with Crippen molar-refractivity contribution in [1.29, 1.82) is 0 Å². The second kappa shape index (κ2) is 10.0. The van der Waals surface area contributed by atoms with Gasteiger partial charge in [0.05, 0.1) is 26.4 Å². The Hall–Kier alpha value is -0.940. The normalized spacial score (nSPS) is 10.8. The third-order valence-corrected chi connectivity index (χ3v) is 2.55. The van der Waals surface area contributed by atoms with Gasteiger partial charge in [0.25, 0.3) is 0 Å². The number of hydrogen-bond donors (Lipinski definition) is 2. The predicted octanol–water partition coefficient (Wildman–Crippen LogP) is 1.32. The van der Waals surface area contributed by atoms with E-state index in [2.05, 4.69) is 17.4 Å². The molecule has 0 saturated heterocycles. The maximum absolute atomic E-state index is 8.56. The summed E-state index contributed by atoms with van der Waals surface area (Å²) in [7, 11) is 0. The van der Waals surface area contributed by atoms with E-state index < -0.39 is 0 Å². The molecule has 0 aliphatic heterocycles. The first-order valence-corrected chi connectivity index (χ1v) is 6.42. The van der Waals surface area contributed by atoms with Gasteiger partial charge in [0, 0.05) is 19.7 Å². The van der Waals surface area contributed by atoms with Crippen LogP contribution in [0, 0.1) is 0 Å². The van der Waals surface area contributed by atoms with Crippen molar-refractivity contribution in [2.75, 3.05) is 33.0 Å². The number of nitrogens with one attached hydrogen (secondary N) is 1. The molecule has 0 aliphatic rings. The van der Waals surface area contributed by atoms with Crippen molar-refractivity contribution in [2.24, 2.45) is 0 Å². The third kappa shape index (κ3) is 6.12. The molecule has 4 heteroatoms. The highest BCUT2D eigenvalue weighted by atomic mass is 16.5. The van der Waals surface area contributed by atoms with E-state index in [0.29, 0.717) is 19.8 Å². The minimum absolute atomic E-state index is 0.0805. The number of aliphatic hydroxyl groups excluding tert-OH is 1. The molecule has 0 spiro atoms. The lowest BCUT2D eigenvalue weighted by molar-refractivity contribution is 0.0937. The Bertz CT molecular complexity index is 318. The van der Waals surface area contributed by atoms with Crippen molar-refractivity contribution in [3.05, 3.63) is 35.4 Å². The van der Waals surface area contributed by atoms with Crippen molar-refractivity contribution < 1.29 is 14.6 Å². The average Bonchev–Trinajstić information content (AvgIpc) is 2.41. The molecule has 0 saturated carbocycles. The van der Waals surface area contributed by atoms with Crippen molar-refractivity contribution >= 4 is 0 Å². The van der Waals surface area contributed by atoms with Crippen LogP contribution in [-0.4, -0.2) is 38.1 Å². The fourth-order valence-corrected chi connectivity index (χ4v) is 1.62. The molecule has 1 rings (SSSR count). The SMILES string of the molecule is CCOCc1ccccc1CNCCOCCO. The minimum Gasteiger partial charge on any atom is -0.394 e. The van der Waals surface area contributed by atoms with Gasteiger partial charge < -0.3 is 19.9 Å². The molecule has 0 atom stereocenters. The molecule has 0 bridgehead atoms. The molecule has 18 heavy (non-hydrogen) atoms. The van der Waals surface area contributed by atoms with Crippen molar-refractivity contribution in [2.45, 2.75) is 20.1 Å². The van der Waals surface area contributed by atoms with Gasteiger partial charge in [-0.1, -0.05) is 24.3 Å². The molecule has 0 radical (unpaired) electrons. The van der Waals surface area contributed by atoms with Crippen LogP contribution in [0.4, 0.5) is 0 Å². The topological polar surface area (TPSA) is 50.7 Å². The van der Waals surface area contributed by atoms with Crippen molar-refractivity contribution in [1.82, 2.24) is 5.32 Å². The minimum atomic E-state index is 0.0805. The van der Waals surface area contributed by atoms with Crippen LogP contribution in [0.2, 0.25) is 0 Å². The van der Waals surface area contributed by atoms with Gasteiger partial charge in [-0.05, 0) is 18.1 Å². The molecule has 4 nitrogen and oxygen atoms in total. The third-order valence-electron chi connectivity index (χ3n) is 2.55. The molecule has 2 N–H and O–H groups in total. The molecule has 102 valence electrons. The van der Waals surface area contributed by atoms with Gasteiger partial charge in [0.15, 0.2) is 0 Å². The molecule has 0 heterocycles. The lowest BCUT2D eigenvalue weighted by Gasteiger charge is -2.10. The Kier molecular flexibility index (Phi) is 8.42. The smallest absolute Gasteiger partial charge is 0.0719 e. The molecule has 0 aromatic heterocycles. The summed E-state index contributed by atoms with van der Waals surface area (Å²) in [5, 5.41) is 11.9. The second-order valence-corrected chi connectivity index (χ2v) is 3.92. The Morgan fingerprint density at radius 2 is 1.89 bits per heavy atom. The summed E-state index contributed by atoms with van der Waals surface area (Å²) in [5.74, 6) is 0. The lowest BCUT2D eigenvalue weighted by Crippen LogP contribution is -2.20. The van der Waals surface area contributed by atoms with Gasteiger partial charge >= 0.3 is 0 Å². The highest BCUT2D eigenvalue weighted by Crippen LogP contribution is 2.09. The number of aliphatic hydroxyl groups is 1. The van der Waals surface area contributed by atoms with Gasteiger partial charge in [-0.3, -0.25) is 0 Å². The summed E-state index contributed by atoms with van der Waals surface area (Å²) in [6.07, 6.45) is 0. The van der Waals surface area contributed by atoms with Crippen molar-refractivity contribution in [3.63, 3.8) is 0 Å². The maximum atomic E-state index is 8.56. The highest BCUT2D eigenvalue weighted by Gasteiger charge is 2.00. The summed E-state index contributed by atoms with van der Waals surface area (Å²) in [5.41, 5.74) is 2.48. The second-order valence-electron chi connectivity index (χ2n) is 3.92. The summed E-state index contributed by atoms with van der Waals surface area (Å²) >= 11 is 0. The first kappa shape index (κ1) is 15.1. The zero-order chi connectivity index (χ0) is 13.1. The Morgan fingerprint density at radius 1 is 1.11 bits per heavy atom. The predicted molar refractivity (Wildman–Crippen MR) is 71.4 cm³/mol. The standard InChI is InChI=1S/C14H23NO3/c1-2-17-12-14-6-4-3-5-13(14)11-15-7-9-18-10-8-16/h3-6,15-16H,2,7-12H2,1H3. The summed E-state index contributed by atoms with van der Waals surface area (Å²) in [6.45, 7) is 6.09. The zero-order valence-electron chi connectivity index (χ0n) is 11.0. The van der Waals surface area contributed by atoms with Crippen molar-refractivity contribution in [3.8, 4) is 0 Å². The number of benzene rings is 1. The Balaban J connectivity index is 2.27. The van der Waals surface area contributed by atoms with E-state index in [4.69, 9.17) is 14.6 Å². The number of hydrogen-bond acceptors (Lipinski definition) is 4. The molecule has 0 aliphatic carbocycles. The van der Waals surface area contributed by atoms with Crippen LogP contribution in [0.25, 0.3) is 0 Å². The summed E-state index contributed by atoms with van der Waals surface area (Å²) in [6, 6.07) is 8.27. The van der Waals surface area contributed by atoms with Gasteiger partial charge in [-0.25, -0.2) is 0 Å². The van der Waals surface area contributed by atoms with E-state index >= 15 is 0 Å². The Morgan fingerprint density at radius 3 is 2.61 bits per heavy atom. The van der Waals surface area contributed by atoms with Crippen LogP contribution in [0.3, 0.4) is 0 Å². The van der Waals surface area contributed by atoms with Crippen LogP contribution in [0.15, 0.2) is 24.3 Å². The molecular formula is C14H23NO3. The fourth-order valence-electron chi connectivity index (χ4n) is 1.62. The maximum Gasteiger partial charge on any atom is 0.0719 e. The average molecular weight is 253 g/mol. The van der Waals surface area contributed by atoms with Gasteiger partial charge in [0.2, 0.25) is 0 Å². The van der Waals surface area contributed by atoms with E-state index in [1.54, 1.807) is 0 Å². The largest absolute Gasteiger partial charge is 0.394 e. The van der Waals surface area contributed by atoms with E-state index in [-0.39, 0.29) is 6.61 Å². The summed E-state index contributed by atoms with van der Waals surface area (Å²) in [4.78, 5) is 0. The van der Waals surface area contributed by atoms with Crippen LogP contribution in [-0.2, 0) is 22.6 Å². The lowest BCUT2D eigenvalue weighted by atomic mass is 10.1. The first-order chi connectivity index (χ1) is 8.88. The molecule has 0 unspecified atom stereocenters. The van der Waals surface area contributed by atoms with Gasteiger partial charge in [-0.15, -0.1) is 0 Å². The molecule has 0 amide bonds. The molecule has 1 aromatic rings. The van der Waals surface area contributed by atoms with Crippen LogP contribution < -0.4 is 5.32 Å². The fraction of sp³-hybridized carbons (Fsp3) is 0.571. The summed E-state index contributed by atoms with van der Waals surface area (Å²) < 4.78 is 10.6. The van der Waals surface area contributed by atoms with E-state index in [1.807, 2.05) is 19.1 Å². The highest BCUT2D eigenvalue weighted by molar-refractivity contribution is 5.26. The van der Waals surface area contributed by atoms with Crippen LogP contribution in [0.1, 0.15) is 18.1 Å². The van der Waals surface area contributed by atoms with Gasteiger partial charge in [-0.2, -0.15) is 0 Å². The van der Waals surface area contributed by atoms with Crippen LogP contribution in [0.5, 0.6) is 0 Å². The molecule has 1 aromatic carbocycles. The first-order valence-electron chi connectivity index (χ1n) is 6.42. The van der Waals surface area contributed by atoms with E-state index in [9.17, 15) is 0 Å². The quantitative estimate of drug-likeness (QED) is 0.618. The number of ether oxygens (including phenoxy) is 2. The van der Waals surface area contributed by atoms with E-state index in [0.717, 1.165) is 19.7 Å². The van der Waals surface area contributed by atoms with Gasteiger partial charge in [0.1, 0.15) is 0 Å². The Labute approximate surface area is 109 Å². The van der Waals surface area contributed by atoms with Crippen LogP contribution >= 0.6 is 0 Å². The molecular weight excluding hydrogens is 230 g/mol. The monoisotopic (exact) mass is 253 g/mol. The molecule has 0 fully saturated rings.